The summed E-state index contributed by atoms with van der Waals surface area (Å²) in [5, 5.41) is 6.81. The van der Waals surface area contributed by atoms with Crippen molar-refractivity contribution in [2.45, 2.75) is 39.7 Å². The Morgan fingerprint density at radius 1 is 1.25 bits per heavy atom. The topological polar surface area (TPSA) is 81.4 Å². The van der Waals surface area contributed by atoms with Gasteiger partial charge in [0.05, 0.1) is 18.4 Å². The second-order valence-electron chi connectivity index (χ2n) is 5.81. The molecule has 2 aromatic rings. The van der Waals surface area contributed by atoms with E-state index in [1.807, 2.05) is 20.8 Å². The first-order chi connectivity index (χ1) is 11.4. The van der Waals surface area contributed by atoms with E-state index in [2.05, 4.69) is 15.2 Å². The van der Waals surface area contributed by atoms with Gasteiger partial charge in [-0.25, -0.2) is 4.79 Å². The highest BCUT2D eigenvalue weighted by Gasteiger charge is 2.19. The van der Waals surface area contributed by atoms with Gasteiger partial charge in [-0.15, -0.1) is 0 Å². The van der Waals surface area contributed by atoms with Crippen LogP contribution in [0.2, 0.25) is 0 Å². The van der Waals surface area contributed by atoms with Gasteiger partial charge < -0.3 is 14.6 Å². The molecule has 1 heterocycles. The predicted molar refractivity (Wildman–Crippen MR) is 88.6 cm³/mol. The molecule has 0 spiro atoms. The lowest BCUT2D eigenvalue weighted by Gasteiger charge is -2.11. The molecule has 0 aliphatic heterocycles. The number of carbonyl (C=O) groups is 2. The summed E-state index contributed by atoms with van der Waals surface area (Å²) in [5.74, 6) is 0.377. The lowest BCUT2D eigenvalue weighted by Crippen LogP contribution is -2.24. The Labute approximate surface area is 141 Å². The van der Waals surface area contributed by atoms with E-state index >= 15 is 0 Å². The summed E-state index contributed by atoms with van der Waals surface area (Å²) in [7, 11) is 1.34. The molecule has 1 aromatic heterocycles. The largest absolute Gasteiger partial charge is 0.465 e. The first kappa shape index (κ1) is 17.7. The van der Waals surface area contributed by atoms with Gasteiger partial charge in [0.15, 0.2) is 0 Å². The zero-order valence-corrected chi connectivity index (χ0v) is 14.4. The number of rotatable bonds is 6. The van der Waals surface area contributed by atoms with Gasteiger partial charge in [-0.05, 0) is 37.5 Å². The average Bonchev–Trinajstić information content (AvgIpc) is 2.91. The molecule has 0 saturated heterocycles. The number of benzene rings is 1. The van der Waals surface area contributed by atoms with Gasteiger partial charge in [0.25, 0.3) is 0 Å². The van der Waals surface area contributed by atoms with E-state index in [4.69, 9.17) is 4.52 Å². The third-order valence-corrected chi connectivity index (χ3v) is 3.94. The molecule has 0 unspecified atom stereocenters. The van der Waals surface area contributed by atoms with Gasteiger partial charge in [-0.1, -0.05) is 24.2 Å². The first-order valence-electron chi connectivity index (χ1n) is 7.79. The molecule has 24 heavy (non-hydrogen) atoms. The summed E-state index contributed by atoms with van der Waals surface area (Å²) in [6, 6.07) is 6.95. The maximum absolute atomic E-state index is 12.1. The monoisotopic (exact) mass is 330 g/mol. The molecule has 0 saturated carbocycles. The van der Waals surface area contributed by atoms with Crippen LogP contribution in [0.1, 0.15) is 52.2 Å². The third kappa shape index (κ3) is 4.22. The van der Waals surface area contributed by atoms with E-state index in [0.717, 1.165) is 22.6 Å². The minimum Gasteiger partial charge on any atom is -0.465 e. The van der Waals surface area contributed by atoms with Crippen LogP contribution in [0.5, 0.6) is 0 Å². The number of carbonyl (C=O) groups excluding carboxylic acids is 2. The first-order valence-corrected chi connectivity index (χ1v) is 7.79. The normalized spacial score (nSPS) is 11.8. The molecule has 0 aliphatic rings. The van der Waals surface area contributed by atoms with Crippen molar-refractivity contribution in [3.63, 3.8) is 0 Å². The van der Waals surface area contributed by atoms with Gasteiger partial charge in [-0.3, -0.25) is 4.79 Å². The molecule has 128 valence electrons. The van der Waals surface area contributed by atoms with Crippen LogP contribution >= 0.6 is 0 Å². The Morgan fingerprint density at radius 2 is 1.92 bits per heavy atom. The lowest BCUT2D eigenvalue weighted by molar-refractivity contribution is -0.121. The molecule has 1 N–H and O–H groups in total. The smallest absolute Gasteiger partial charge is 0.337 e. The van der Waals surface area contributed by atoms with Gasteiger partial charge in [0.2, 0.25) is 5.91 Å². The lowest BCUT2D eigenvalue weighted by atomic mass is 9.96. The summed E-state index contributed by atoms with van der Waals surface area (Å²) < 4.78 is 9.80. The number of hydrogen-bond donors (Lipinski definition) is 1. The van der Waals surface area contributed by atoms with E-state index in [0.29, 0.717) is 18.5 Å². The predicted octanol–water partition coefficient (Wildman–Crippen LogP) is 2.89. The number of aromatic nitrogens is 1. The number of nitrogens with one attached hydrogen (secondary N) is 1. The zero-order chi connectivity index (χ0) is 17.7. The van der Waals surface area contributed by atoms with Crippen molar-refractivity contribution in [2.24, 2.45) is 0 Å². The molecule has 0 aliphatic carbocycles. The number of hydrogen-bond acceptors (Lipinski definition) is 5. The van der Waals surface area contributed by atoms with E-state index in [1.54, 1.807) is 24.3 Å². The van der Waals surface area contributed by atoms with Crippen molar-refractivity contribution >= 4 is 11.9 Å². The van der Waals surface area contributed by atoms with Crippen LogP contribution in [0.15, 0.2) is 28.8 Å². The maximum atomic E-state index is 12.1. The molecule has 1 amide bonds. The molecular weight excluding hydrogens is 308 g/mol. The Balaban J connectivity index is 1.88. The van der Waals surface area contributed by atoms with Crippen molar-refractivity contribution in [3.8, 4) is 0 Å². The summed E-state index contributed by atoms with van der Waals surface area (Å²) in [4.78, 5) is 23.5. The minimum absolute atomic E-state index is 0.0398. The summed E-state index contributed by atoms with van der Waals surface area (Å²) in [5.41, 5.74) is 3.22. The summed E-state index contributed by atoms with van der Waals surface area (Å²) in [6.07, 6.45) is 0.364. The fourth-order valence-electron chi connectivity index (χ4n) is 2.72. The van der Waals surface area contributed by atoms with Crippen LogP contribution < -0.4 is 5.32 Å². The molecular formula is C18H22N2O4. The van der Waals surface area contributed by atoms with E-state index in [1.165, 1.54) is 7.11 Å². The second kappa shape index (κ2) is 7.77. The van der Waals surface area contributed by atoms with Crippen LogP contribution in [0.4, 0.5) is 0 Å². The number of nitrogens with zero attached hydrogens (tertiary/aromatic N) is 1. The Kier molecular flexibility index (Phi) is 5.73. The van der Waals surface area contributed by atoms with Crippen molar-refractivity contribution in [1.82, 2.24) is 10.5 Å². The van der Waals surface area contributed by atoms with E-state index in [-0.39, 0.29) is 17.8 Å². The maximum Gasteiger partial charge on any atom is 0.337 e. The van der Waals surface area contributed by atoms with Crippen molar-refractivity contribution < 1.29 is 18.8 Å². The highest BCUT2D eigenvalue weighted by Crippen LogP contribution is 2.25. The van der Waals surface area contributed by atoms with Crippen LogP contribution in [0, 0.1) is 13.8 Å². The van der Waals surface area contributed by atoms with Crippen molar-refractivity contribution in [3.05, 3.63) is 52.4 Å². The standard InChI is InChI=1S/C18H22N2O4/c1-11(17-12(2)20-24-13(17)3)9-16(21)19-10-14-5-7-15(8-6-14)18(22)23-4/h5-8,11H,9-10H2,1-4H3,(H,19,21)/t11-/m0/s1. The molecule has 0 bridgehead atoms. The van der Waals surface area contributed by atoms with Crippen LogP contribution in [-0.4, -0.2) is 24.1 Å². The van der Waals surface area contributed by atoms with Crippen LogP contribution in [0.25, 0.3) is 0 Å². The summed E-state index contributed by atoms with van der Waals surface area (Å²) >= 11 is 0. The van der Waals surface area contributed by atoms with Gasteiger partial charge in [0.1, 0.15) is 5.76 Å². The molecule has 2 rings (SSSR count). The highest BCUT2D eigenvalue weighted by atomic mass is 16.5. The van der Waals surface area contributed by atoms with Crippen LogP contribution in [-0.2, 0) is 16.1 Å². The van der Waals surface area contributed by atoms with Crippen molar-refractivity contribution in [1.29, 1.82) is 0 Å². The van der Waals surface area contributed by atoms with Crippen molar-refractivity contribution in [2.75, 3.05) is 7.11 Å². The van der Waals surface area contributed by atoms with E-state index < -0.39 is 0 Å². The number of esters is 1. The number of ether oxygens (including phenoxy) is 1. The quantitative estimate of drug-likeness (QED) is 0.824. The highest BCUT2D eigenvalue weighted by molar-refractivity contribution is 5.89. The van der Waals surface area contributed by atoms with Gasteiger partial charge in [-0.2, -0.15) is 0 Å². The second-order valence-corrected chi connectivity index (χ2v) is 5.81. The molecule has 6 heteroatoms. The minimum atomic E-state index is -0.376. The molecule has 1 aromatic carbocycles. The van der Waals surface area contributed by atoms with Gasteiger partial charge in [0, 0.05) is 18.5 Å². The van der Waals surface area contributed by atoms with Gasteiger partial charge >= 0.3 is 5.97 Å². The molecule has 6 nitrogen and oxygen atoms in total. The Morgan fingerprint density at radius 3 is 2.46 bits per heavy atom. The SMILES string of the molecule is COC(=O)c1ccc(CNC(=O)C[C@H](C)c2c(C)noc2C)cc1. The molecule has 0 radical (unpaired) electrons. The third-order valence-electron chi connectivity index (χ3n) is 3.94. The Bertz CT molecular complexity index is 700. The fraction of sp³-hybridized carbons (Fsp3) is 0.389. The molecule has 1 atom stereocenters. The number of aryl methyl sites for hydroxylation is 2. The Hall–Kier alpha value is -2.63. The van der Waals surface area contributed by atoms with E-state index in [9.17, 15) is 9.59 Å². The average molecular weight is 330 g/mol. The number of methoxy groups -OCH3 is 1. The zero-order valence-electron chi connectivity index (χ0n) is 14.4. The summed E-state index contributed by atoms with van der Waals surface area (Å²) in [6.45, 7) is 6.13. The number of amides is 1. The molecule has 0 fully saturated rings. The fourth-order valence-corrected chi connectivity index (χ4v) is 2.72. The van der Waals surface area contributed by atoms with Crippen LogP contribution in [0.3, 0.4) is 0 Å².